The molecule has 0 unspecified atom stereocenters. The Morgan fingerprint density at radius 3 is 2.95 bits per heavy atom. The van der Waals surface area contributed by atoms with E-state index in [0.29, 0.717) is 22.3 Å². The van der Waals surface area contributed by atoms with E-state index in [9.17, 15) is 0 Å². The van der Waals surface area contributed by atoms with Crippen LogP contribution in [0.25, 0.3) is 0 Å². The first-order chi connectivity index (χ1) is 9.10. The van der Waals surface area contributed by atoms with Gasteiger partial charge in [-0.2, -0.15) is 4.98 Å². The average Bonchev–Trinajstić information content (AvgIpc) is 2.38. The topological polar surface area (TPSA) is 53.1 Å². The Labute approximate surface area is 123 Å². The molecule has 1 aromatic rings. The molecule has 5 nitrogen and oxygen atoms in total. The largest absolute Gasteiger partial charge is 0.365 e. The lowest BCUT2D eigenvalue weighted by molar-refractivity contribution is 0.481. The molecule has 0 saturated carbocycles. The van der Waals surface area contributed by atoms with Gasteiger partial charge in [0.05, 0.1) is 0 Å². The van der Waals surface area contributed by atoms with Gasteiger partial charge in [0.15, 0.2) is 5.11 Å². The summed E-state index contributed by atoms with van der Waals surface area (Å²) in [6, 6.07) is 2.28. The van der Waals surface area contributed by atoms with Crippen LogP contribution in [0, 0.1) is 0 Å². The molecule has 0 radical (unpaired) electrons. The lowest BCUT2D eigenvalue weighted by Crippen LogP contribution is -2.38. The average molecular weight is 300 g/mol. The molecular weight excluding hydrogens is 282 g/mol. The van der Waals surface area contributed by atoms with Crippen LogP contribution in [-0.2, 0) is 0 Å². The first-order valence-electron chi connectivity index (χ1n) is 6.40. The van der Waals surface area contributed by atoms with E-state index in [1.54, 1.807) is 13.1 Å². The van der Waals surface area contributed by atoms with Crippen LogP contribution in [0.3, 0.4) is 0 Å². The SMILES string of the molecule is CNC(=S)Nc1nc(Cl)cc(N2CCCC[C@@H]2C)n1. The smallest absolute Gasteiger partial charge is 0.232 e. The zero-order valence-corrected chi connectivity index (χ0v) is 12.7. The van der Waals surface area contributed by atoms with Gasteiger partial charge in [0.25, 0.3) is 0 Å². The maximum atomic E-state index is 6.06. The van der Waals surface area contributed by atoms with Crippen molar-refractivity contribution in [2.45, 2.75) is 32.2 Å². The standard InChI is InChI=1S/C12H18ClN5S/c1-8-5-3-4-6-18(8)10-7-9(13)15-11(16-10)17-12(19)14-2/h7-8H,3-6H2,1-2H3,(H2,14,15,16,17,19)/t8-/m0/s1. The Balaban J connectivity index is 2.22. The normalized spacial score (nSPS) is 19.1. The highest BCUT2D eigenvalue weighted by molar-refractivity contribution is 7.80. The molecule has 0 aliphatic carbocycles. The number of nitrogens with zero attached hydrogens (tertiary/aromatic N) is 3. The highest BCUT2D eigenvalue weighted by Crippen LogP contribution is 2.25. The summed E-state index contributed by atoms with van der Waals surface area (Å²) < 4.78 is 0. The van der Waals surface area contributed by atoms with E-state index in [4.69, 9.17) is 23.8 Å². The lowest BCUT2D eigenvalue weighted by atomic mass is 10.0. The van der Waals surface area contributed by atoms with Gasteiger partial charge in [-0.05, 0) is 38.4 Å². The summed E-state index contributed by atoms with van der Waals surface area (Å²) in [5, 5.41) is 6.63. The first-order valence-corrected chi connectivity index (χ1v) is 7.18. The highest BCUT2D eigenvalue weighted by Gasteiger charge is 2.20. The molecular formula is C12H18ClN5S. The minimum Gasteiger partial charge on any atom is -0.365 e. The molecule has 1 aliphatic heterocycles. The minimum atomic E-state index is 0.421. The van der Waals surface area contributed by atoms with Crippen LogP contribution in [0.4, 0.5) is 11.8 Å². The fraction of sp³-hybridized carbons (Fsp3) is 0.583. The van der Waals surface area contributed by atoms with Crippen LogP contribution in [0.5, 0.6) is 0 Å². The van der Waals surface area contributed by atoms with E-state index < -0.39 is 0 Å². The van der Waals surface area contributed by atoms with E-state index in [1.807, 2.05) is 0 Å². The first kappa shape index (κ1) is 14.3. The van der Waals surface area contributed by atoms with Crippen LogP contribution in [-0.4, -0.2) is 34.7 Å². The van der Waals surface area contributed by atoms with Crippen LogP contribution in [0.2, 0.25) is 5.15 Å². The summed E-state index contributed by atoms with van der Waals surface area (Å²) >= 11 is 11.1. The molecule has 0 aromatic carbocycles. The van der Waals surface area contributed by atoms with Gasteiger partial charge < -0.3 is 15.5 Å². The number of piperidine rings is 1. The molecule has 2 heterocycles. The number of thiocarbonyl (C=S) groups is 1. The Hall–Kier alpha value is -1.14. The number of aromatic nitrogens is 2. The van der Waals surface area contributed by atoms with Gasteiger partial charge in [-0.25, -0.2) is 4.98 Å². The molecule has 7 heteroatoms. The summed E-state index contributed by atoms with van der Waals surface area (Å²) in [4.78, 5) is 10.9. The number of hydrogen-bond donors (Lipinski definition) is 2. The summed E-state index contributed by atoms with van der Waals surface area (Å²) in [5.41, 5.74) is 0. The minimum absolute atomic E-state index is 0.421. The fourth-order valence-electron chi connectivity index (χ4n) is 2.21. The molecule has 19 heavy (non-hydrogen) atoms. The second-order valence-electron chi connectivity index (χ2n) is 4.61. The van der Waals surface area contributed by atoms with Gasteiger partial charge in [0, 0.05) is 25.7 Å². The zero-order valence-electron chi connectivity index (χ0n) is 11.1. The Morgan fingerprint density at radius 1 is 1.47 bits per heavy atom. The van der Waals surface area contributed by atoms with Crippen molar-refractivity contribution >= 4 is 40.7 Å². The third kappa shape index (κ3) is 3.67. The molecule has 2 N–H and O–H groups in total. The Kier molecular flexibility index (Phi) is 4.76. The van der Waals surface area contributed by atoms with Gasteiger partial charge >= 0.3 is 0 Å². The molecule has 1 aliphatic rings. The number of rotatable bonds is 2. The quantitative estimate of drug-likeness (QED) is 0.646. The molecule has 1 atom stereocenters. The predicted octanol–water partition coefficient (Wildman–Crippen LogP) is 2.43. The molecule has 0 bridgehead atoms. The molecule has 0 spiro atoms. The number of nitrogens with one attached hydrogen (secondary N) is 2. The second-order valence-corrected chi connectivity index (χ2v) is 5.41. The fourth-order valence-corrected chi connectivity index (χ4v) is 2.48. The van der Waals surface area contributed by atoms with E-state index in [2.05, 4.69) is 32.4 Å². The third-order valence-corrected chi connectivity index (χ3v) is 3.73. The van der Waals surface area contributed by atoms with Crippen molar-refractivity contribution in [3.05, 3.63) is 11.2 Å². The molecule has 0 amide bonds. The van der Waals surface area contributed by atoms with Crippen LogP contribution < -0.4 is 15.5 Å². The number of anilines is 2. The van der Waals surface area contributed by atoms with Crippen molar-refractivity contribution in [1.82, 2.24) is 15.3 Å². The van der Waals surface area contributed by atoms with Crippen molar-refractivity contribution in [3.8, 4) is 0 Å². The summed E-state index contributed by atoms with van der Waals surface area (Å²) in [7, 11) is 1.74. The van der Waals surface area contributed by atoms with Crippen LogP contribution >= 0.6 is 23.8 Å². The van der Waals surface area contributed by atoms with Gasteiger partial charge in [0.2, 0.25) is 5.95 Å². The maximum absolute atomic E-state index is 6.06. The van der Waals surface area contributed by atoms with Crippen molar-refractivity contribution < 1.29 is 0 Å². The van der Waals surface area contributed by atoms with Crippen molar-refractivity contribution in [1.29, 1.82) is 0 Å². The molecule has 1 aromatic heterocycles. The van der Waals surface area contributed by atoms with E-state index in [1.165, 1.54) is 19.3 Å². The molecule has 2 rings (SSSR count). The van der Waals surface area contributed by atoms with Crippen LogP contribution in [0.1, 0.15) is 26.2 Å². The molecule has 1 saturated heterocycles. The van der Waals surface area contributed by atoms with Crippen molar-refractivity contribution in [2.75, 3.05) is 23.8 Å². The van der Waals surface area contributed by atoms with Gasteiger partial charge in [-0.1, -0.05) is 11.6 Å². The summed E-state index contributed by atoms with van der Waals surface area (Å²) in [6.07, 6.45) is 3.63. The van der Waals surface area contributed by atoms with Crippen LogP contribution in [0.15, 0.2) is 6.07 Å². The lowest BCUT2D eigenvalue weighted by Gasteiger charge is -2.34. The maximum Gasteiger partial charge on any atom is 0.232 e. The van der Waals surface area contributed by atoms with E-state index in [0.717, 1.165) is 12.4 Å². The van der Waals surface area contributed by atoms with Gasteiger partial charge in [-0.3, -0.25) is 0 Å². The van der Waals surface area contributed by atoms with Gasteiger partial charge in [-0.15, -0.1) is 0 Å². The third-order valence-electron chi connectivity index (χ3n) is 3.23. The number of hydrogen-bond acceptors (Lipinski definition) is 4. The monoisotopic (exact) mass is 299 g/mol. The molecule has 1 fully saturated rings. The van der Waals surface area contributed by atoms with Crippen molar-refractivity contribution in [3.63, 3.8) is 0 Å². The molecule has 104 valence electrons. The Bertz CT molecular complexity index is 467. The van der Waals surface area contributed by atoms with E-state index >= 15 is 0 Å². The van der Waals surface area contributed by atoms with E-state index in [-0.39, 0.29) is 0 Å². The Morgan fingerprint density at radius 2 is 2.26 bits per heavy atom. The number of halogens is 1. The second kappa shape index (κ2) is 6.34. The highest BCUT2D eigenvalue weighted by atomic mass is 35.5. The van der Waals surface area contributed by atoms with Crippen molar-refractivity contribution in [2.24, 2.45) is 0 Å². The predicted molar refractivity (Wildman–Crippen MR) is 83.0 cm³/mol. The summed E-state index contributed by atoms with van der Waals surface area (Å²) in [5.74, 6) is 1.29. The van der Waals surface area contributed by atoms with Gasteiger partial charge in [0.1, 0.15) is 11.0 Å². The zero-order chi connectivity index (χ0) is 13.8. The summed E-state index contributed by atoms with van der Waals surface area (Å²) in [6.45, 7) is 3.21.